The Morgan fingerprint density at radius 3 is 2.87 bits per heavy atom. The largest absolute Gasteiger partial charge is 0.335 e. The molecule has 3 nitrogen and oxygen atoms in total. The number of carbonyl (C=O) groups is 1. The van der Waals surface area contributed by atoms with Crippen molar-refractivity contribution in [2.75, 3.05) is 13.1 Å². The summed E-state index contributed by atoms with van der Waals surface area (Å²) in [5.41, 5.74) is 1.25. The minimum atomic E-state index is 0. The van der Waals surface area contributed by atoms with Crippen molar-refractivity contribution < 1.29 is 4.79 Å². The predicted molar refractivity (Wildman–Crippen MR) is 100 cm³/mol. The topological polar surface area (TPSA) is 32.3 Å². The summed E-state index contributed by atoms with van der Waals surface area (Å²) in [6, 6.07) is 9.22. The van der Waals surface area contributed by atoms with E-state index in [-0.39, 0.29) is 18.3 Å². The van der Waals surface area contributed by atoms with Crippen molar-refractivity contribution in [1.82, 2.24) is 10.2 Å². The molecule has 3 atom stereocenters. The molecule has 2 heterocycles. The molecule has 0 saturated carbocycles. The second-order valence-corrected chi connectivity index (χ2v) is 7.48. The number of hydrogen-bond acceptors (Lipinski definition) is 2. The molecule has 5 heteroatoms. The summed E-state index contributed by atoms with van der Waals surface area (Å²) in [5, 5.41) is 3.48. The maximum Gasteiger partial charge on any atom is 0.226 e. The van der Waals surface area contributed by atoms with Gasteiger partial charge >= 0.3 is 0 Å². The summed E-state index contributed by atoms with van der Waals surface area (Å²) in [6.07, 6.45) is 5.21. The van der Waals surface area contributed by atoms with E-state index in [0.717, 1.165) is 43.2 Å². The Labute approximate surface area is 153 Å². The zero-order valence-corrected chi connectivity index (χ0v) is 16.0. The lowest BCUT2D eigenvalue weighted by Gasteiger charge is -2.31. The highest BCUT2D eigenvalue weighted by atomic mass is 79.9. The molecule has 0 aromatic heterocycles. The first-order valence-electron chi connectivity index (χ1n) is 8.46. The fourth-order valence-corrected chi connectivity index (χ4v) is 4.35. The van der Waals surface area contributed by atoms with Crippen molar-refractivity contribution in [2.24, 2.45) is 5.92 Å². The zero-order chi connectivity index (χ0) is 15.5. The van der Waals surface area contributed by atoms with Crippen molar-refractivity contribution in [3.63, 3.8) is 0 Å². The molecular formula is C18H26BrClN2O. The summed E-state index contributed by atoms with van der Waals surface area (Å²) >= 11 is 3.52. The number of benzene rings is 1. The molecule has 2 saturated heterocycles. The number of hydrogen-bond donors (Lipinski definition) is 1. The second-order valence-electron chi connectivity index (χ2n) is 6.56. The van der Waals surface area contributed by atoms with E-state index < -0.39 is 0 Å². The van der Waals surface area contributed by atoms with E-state index in [1.54, 1.807) is 0 Å². The quantitative estimate of drug-likeness (QED) is 0.832. The van der Waals surface area contributed by atoms with Crippen LogP contribution in [0.3, 0.4) is 0 Å². The highest BCUT2D eigenvalue weighted by Gasteiger charge is 2.39. The van der Waals surface area contributed by atoms with Crippen LogP contribution < -0.4 is 5.32 Å². The average Bonchev–Trinajstić information content (AvgIpc) is 2.77. The molecule has 0 spiro atoms. The molecule has 128 valence electrons. The molecule has 0 radical (unpaired) electrons. The highest BCUT2D eigenvalue weighted by Crippen LogP contribution is 2.31. The third-order valence-electron chi connectivity index (χ3n) is 5.12. The van der Waals surface area contributed by atoms with Gasteiger partial charge in [-0.05, 0) is 56.3 Å². The SMILES string of the molecule is CCC(Cc1cccc(Br)c1)C(=O)N1C2CCNCC1CC2.Cl. The number of halogens is 2. The number of rotatable bonds is 4. The van der Waals surface area contributed by atoms with Crippen LogP contribution in [0.4, 0.5) is 0 Å². The van der Waals surface area contributed by atoms with Crippen LogP contribution in [0.1, 0.15) is 38.2 Å². The van der Waals surface area contributed by atoms with Crippen LogP contribution >= 0.6 is 28.3 Å². The van der Waals surface area contributed by atoms with Gasteiger partial charge in [-0.2, -0.15) is 0 Å². The highest BCUT2D eigenvalue weighted by molar-refractivity contribution is 9.10. The fourth-order valence-electron chi connectivity index (χ4n) is 3.91. The van der Waals surface area contributed by atoms with E-state index in [4.69, 9.17) is 0 Å². The Morgan fingerprint density at radius 2 is 2.13 bits per heavy atom. The van der Waals surface area contributed by atoms with Gasteiger partial charge in [-0.15, -0.1) is 12.4 Å². The van der Waals surface area contributed by atoms with Crippen LogP contribution in [0.2, 0.25) is 0 Å². The molecule has 3 rings (SSSR count). The van der Waals surface area contributed by atoms with Gasteiger partial charge in [-0.3, -0.25) is 4.79 Å². The van der Waals surface area contributed by atoms with Crippen molar-refractivity contribution in [3.8, 4) is 0 Å². The van der Waals surface area contributed by atoms with E-state index in [2.05, 4.69) is 51.3 Å². The second kappa shape index (κ2) is 8.50. The smallest absolute Gasteiger partial charge is 0.226 e. The van der Waals surface area contributed by atoms with Crippen LogP contribution in [0.25, 0.3) is 0 Å². The number of carbonyl (C=O) groups excluding carboxylic acids is 1. The Bertz CT molecular complexity index is 526. The first-order valence-corrected chi connectivity index (χ1v) is 9.25. The van der Waals surface area contributed by atoms with Gasteiger partial charge < -0.3 is 10.2 Å². The zero-order valence-electron chi connectivity index (χ0n) is 13.6. The molecular weight excluding hydrogens is 376 g/mol. The summed E-state index contributed by atoms with van der Waals surface area (Å²) in [6.45, 7) is 4.15. The molecule has 1 N–H and O–H groups in total. The van der Waals surface area contributed by atoms with Crippen LogP contribution in [-0.2, 0) is 11.2 Å². The lowest BCUT2D eigenvalue weighted by atomic mass is 9.94. The van der Waals surface area contributed by atoms with Gasteiger partial charge in [-0.25, -0.2) is 0 Å². The monoisotopic (exact) mass is 400 g/mol. The minimum Gasteiger partial charge on any atom is -0.335 e. The van der Waals surface area contributed by atoms with Gasteiger partial charge in [0.1, 0.15) is 0 Å². The molecule has 3 unspecified atom stereocenters. The number of fused-ring (bicyclic) bond motifs is 2. The number of nitrogens with one attached hydrogen (secondary N) is 1. The van der Waals surface area contributed by atoms with Gasteiger partial charge in [0.2, 0.25) is 5.91 Å². The van der Waals surface area contributed by atoms with E-state index in [1.807, 2.05) is 6.07 Å². The van der Waals surface area contributed by atoms with Gasteiger partial charge in [-0.1, -0.05) is 35.0 Å². The van der Waals surface area contributed by atoms with Crippen LogP contribution in [0.5, 0.6) is 0 Å². The van der Waals surface area contributed by atoms with Gasteiger partial charge in [0.15, 0.2) is 0 Å². The molecule has 1 aromatic carbocycles. The number of amides is 1. The fraction of sp³-hybridized carbons (Fsp3) is 0.611. The number of nitrogens with zero attached hydrogens (tertiary/aromatic N) is 1. The van der Waals surface area contributed by atoms with Crippen molar-refractivity contribution in [1.29, 1.82) is 0 Å². The van der Waals surface area contributed by atoms with Gasteiger partial charge in [0, 0.05) is 29.0 Å². The van der Waals surface area contributed by atoms with Crippen LogP contribution in [0, 0.1) is 5.92 Å². The molecule has 0 aliphatic carbocycles. The molecule has 2 aliphatic rings. The van der Waals surface area contributed by atoms with Crippen molar-refractivity contribution >= 4 is 34.2 Å². The maximum absolute atomic E-state index is 13.1. The van der Waals surface area contributed by atoms with Crippen LogP contribution in [-0.4, -0.2) is 36.0 Å². The molecule has 1 aromatic rings. The standard InChI is InChI=1S/C18H25BrN2O.ClH/c1-2-14(10-13-4-3-5-15(19)11-13)18(22)21-16-6-7-17(21)12-20-9-8-16;/h3-5,11,14,16-17,20H,2,6-10,12H2,1H3;1H. The molecule has 1 amide bonds. The summed E-state index contributed by atoms with van der Waals surface area (Å²) < 4.78 is 1.09. The lowest BCUT2D eigenvalue weighted by Crippen LogP contribution is -2.45. The van der Waals surface area contributed by atoms with E-state index >= 15 is 0 Å². The van der Waals surface area contributed by atoms with E-state index in [1.165, 1.54) is 12.0 Å². The first kappa shape index (κ1) is 18.8. The summed E-state index contributed by atoms with van der Waals surface area (Å²) in [5.74, 6) is 0.481. The third kappa shape index (κ3) is 4.28. The van der Waals surface area contributed by atoms with E-state index in [0.29, 0.717) is 18.0 Å². The minimum absolute atomic E-state index is 0. The predicted octanol–water partition coefficient (Wildman–Crippen LogP) is 3.79. The Morgan fingerprint density at radius 1 is 1.35 bits per heavy atom. The Kier molecular flexibility index (Phi) is 6.93. The maximum atomic E-state index is 13.1. The average molecular weight is 402 g/mol. The normalized spacial score (nSPS) is 24.7. The molecule has 2 fully saturated rings. The first-order chi connectivity index (χ1) is 10.7. The molecule has 23 heavy (non-hydrogen) atoms. The lowest BCUT2D eigenvalue weighted by molar-refractivity contribution is -0.138. The molecule has 2 bridgehead atoms. The Hall–Kier alpha value is -0.580. The van der Waals surface area contributed by atoms with Gasteiger partial charge in [0.05, 0.1) is 0 Å². The Balaban J connectivity index is 0.00000192. The van der Waals surface area contributed by atoms with Gasteiger partial charge in [0.25, 0.3) is 0 Å². The van der Waals surface area contributed by atoms with Crippen molar-refractivity contribution in [2.45, 2.75) is 51.1 Å². The summed E-state index contributed by atoms with van der Waals surface area (Å²) in [7, 11) is 0. The summed E-state index contributed by atoms with van der Waals surface area (Å²) in [4.78, 5) is 15.3. The van der Waals surface area contributed by atoms with Crippen LogP contribution in [0.15, 0.2) is 28.7 Å². The van der Waals surface area contributed by atoms with E-state index in [9.17, 15) is 4.79 Å². The third-order valence-corrected chi connectivity index (χ3v) is 5.62. The molecule has 2 aliphatic heterocycles. The van der Waals surface area contributed by atoms with Crippen molar-refractivity contribution in [3.05, 3.63) is 34.3 Å².